The van der Waals surface area contributed by atoms with Gasteiger partial charge in [0.15, 0.2) is 0 Å². The van der Waals surface area contributed by atoms with Crippen molar-refractivity contribution >= 4 is 5.97 Å². The highest BCUT2D eigenvalue weighted by molar-refractivity contribution is 5.84. The number of carbonyl (C=O) groups is 1. The van der Waals surface area contributed by atoms with Gasteiger partial charge in [0.1, 0.15) is 6.33 Å². The molecule has 7 nitrogen and oxygen atoms in total. The summed E-state index contributed by atoms with van der Waals surface area (Å²) in [6.07, 6.45) is 4.92. The molecule has 0 saturated heterocycles. The van der Waals surface area contributed by atoms with Crippen LogP contribution in [0.15, 0.2) is 18.7 Å². The average Bonchev–Trinajstić information content (AvgIpc) is 2.95. The van der Waals surface area contributed by atoms with E-state index in [0.29, 0.717) is 5.95 Å². The van der Waals surface area contributed by atoms with Crippen LogP contribution in [0.4, 0.5) is 0 Å². The van der Waals surface area contributed by atoms with Crippen molar-refractivity contribution in [1.29, 1.82) is 0 Å². The quantitative estimate of drug-likeness (QED) is 0.695. The Morgan fingerprint density at radius 1 is 1.50 bits per heavy atom. The zero-order valence-electron chi connectivity index (χ0n) is 8.99. The Hall–Kier alpha value is -2.18. The highest BCUT2D eigenvalue weighted by Gasteiger charge is 2.13. The fraction of sp³-hybridized carbons (Fsp3) is 0.333. The molecule has 2 rings (SSSR count). The van der Waals surface area contributed by atoms with Crippen LogP contribution >= 0.6 is 0 Å². The van der Waals surface area contributed by atoms with Gasteiger partial charge in [-0.3, -0.25) is 0 Å². The van der Waals surface area contributed by atoms with Gasteiger partial charge < -0.3 is 9.30 Å². The summed E-state index contributed by atoms with van der Waals surface area (Å²) in [5.41, 5.74) is 0. The van der Waals surface area contributed by atoms with Crippen LogP contribution in [0.2, 0.25) is 0 Å². The van der Waals surface area contributed by atoms with E-state index in [1.807, 2.05) is 17.7 Å². The van der Waals surface area contributed by atoms with Crippen LogP contribution in [-0.2, 0) is 11.3 Å². The van der Waals surface area contributed by atoms with E-state index in [2.05, 4.69) is 19.8 Å². The Bertz CT molecular complexity index is 501. The number of esters is 1. The van der Waals surface area contributed by atoms with Gasteiger partial charge in [0.25, 0.3) is 5.82 Å². The van der Waals surface area contributed by atoms with E-state index in [0.717, 1.165) is 6.54 Å². The topological polar surface area (TPSA) is 74.8 Å². The van der Waals surface area contributed by atoms with E-state index in [1.165, 1.54) is 18.1 Å². The molecule has 0 aliphatic rings. The number of rotatable bonds is 3. The maximum absolute atomic E-state index is 11.2. The Morgan fingerprint density at radius 3 is 3.00 bits per heavy atom. The lowest BCUT2D eigenvalue weighted by Gasteiger charge is -2.02. The Labute approximate surface area is 91.7 Å². The molecule has 7 heteroatoms. The maximum atomic E-state index is 11.2. The van der Waals surface area contributed by atoms with Crippen LogP contribution in [0.1, 0.15) is 17.5 Å². The first-order valence-electron chi connectivity index (χ1n) is 4.77. The molecule has 0 fully saturated rings. The number of aryl methyl sites for hydroxylation is 1. The molecule has 2 aromatic heterocycles. The van der Waals surface area contributed by atoms with E-state index >= 15 is 0 Å². The fourth-order valence-corrected chi connectivity index (χ4v) is 1.30. The molecule has 16 heavy (non-hydrogen) atoms. The molecule has 0 atom stereocenters. The highest BCUT2D eigenvalue weighted by Crippen LogP contribution is 2.04. The standard InChI is InChI=1S/C9H11N5O2/c1-3-13-5-4-10-9(13)14-6-11-7(12-14)8(15)16-2/h4-6H,3H2,1-2H3. The zero-order chi connectivity index (χ0) is 11.5. The van der Waals surface area contributed by atoms with Crippen molar-refractivity contribution in [3.05, 3.63) is 24.5 Å². The second-order valence-corrected chi connectivity index (χ2v) is 3.02. The lowest BCUT2D eigenvalue weighted by atomic mass is 10.6. The first kappa shape index (κ1) is 10.3. The molecular formula is C9H11N5O2. The molecule has 0 amide bonds. The van der Waals surface area contributed by atoms with Gasteiger partial charge in [-0.25, -0.2) is 14.8 Å². The lowest BCUT2D eigenvalue weighted by molar-refractivity contribution is 0.0587. The minimum atomic E-state index is -0.562. The van der Waals surface area contributed by atoms with Gasteiger partial charge in [0, 0.05) is 18.9 Å². The third-order valence-corrected chi connectivity index (χ3v) is 2.10. The minimum Gasteiger partial charge on any atom is -0.463 e. The lowest BCUT2D eigenvalue weighted by Crippen LogP contribution is -2.08. The van der Waals surface area contributed by atoms with E-state index in [1.54, 1.807) is 6.20 Å². The first-order valence-corrected chi connectivity index (χ1v) is 4.77. The van der Waals surface area contributed by atoms with Gasteiger partial charge in [-0.2, -0.15) is 4.68 Å². The summed E-state index contributed by atoms with van der Waals surface area (Å²) < 4.78 is 7.84. The predicted octanol–water partition coefficient (Wildman–Crippen LogP) is 0.270. The van der Waals surface area contributed by atoms with Crippen LogP contribution in [0.3, 0.4) is 0 Å². The summed E-state index contributed by atoms with van der Waals surface area (Å²) in [7, 11) is 1.29. The van der Waals surface area contributed by atoms with Gasteiger partial charge in [-0.15, -0.1) is 5.10 Å². The molecular weight excluding hydrogens is 210 g/mol. The molecule has 0 N–H and O–H groups in total. The second-order valence-electron chi connectivity index (χ2n) is 3.02. The van der Waals surface area contributed by atoms with Gasteiger partial charge in [0.05, 0.1) is 7.11 Å². The van der Waals surface area contributed by atoms with Gasteiger partial charge in [-0.05, 0) is 6.92 Å². The van der Waals surface area contributed by atoms with Crippen molar-refractivity contribution in [2.45, 2.75) is 13.5 Å². The smallest absolute Gasteiger partial charge is 0.377 e. The maximum Gasteiger partial charge on any atom is 0.377 e. The summed E-state index contributed by atoms with van der Waals surface area (Å²) >= 11 is 0. The summed E-state index contributed by atoms with van der Waals surface area (Å²) in [4.78, 5) is 19.1. The molecule has 0 spiro atoms. The van der Waals surface area contributed by atoms with Crippen molar-refractivity contribution in [3.8, 4) is 5.95 Å². The summed E-state index contributed by atoms with van der Waals surface area (Å²) in [6.45, 7) is 2.76. The molecule has 0 unspecified atom stereocenters. The molecule has 2 heterocycles. The molecule has 84 valence electrons. The molecule has 0 aliphatic carbocycles. The van der Waals surface area contributed by atoms with Crippen LogP contribution < -0.4 is 0 Å². The Balaban J connectivity index is 2.35. The second kappa shape index (κ2) is 4.13. The van der Waals surface area contributed by atoms with Crippen molar-refractivity contribution in [1.82, 2.24) is 24.3 Å². The number of methoxy groups -OCH3 is 1. The summed E-state index contributed by atoms with van der Waals surface area (Å²) in [5, 5.41) is 3.98. The monoisotopic (exact) mass is 221 g/mol. The van der Waals surface area contributed by atoms with Crippen LogP contribution in [0.25, 0.3) is 5.95 Å². The number of carbonyl (C=O) groups excluding carboxylic acids is 1. The molecule has 0 aliphatic heterocycles. The van der Waals surface area contributed by atoms with Crippen LogP contribution in [0.5, 0.6) is 0 Å². The Kier molecular flexibility index (Phi) is 2.67. The number of hydrogen-bond donors (Lipinski definition) is 0. The number of nitrogens with zero attached hydrogens (tertiary/aromatic N) is 5. The van der Waals surface area contributed by atoms with Crippen molar-refractivity contribution in [2.24, 2.45) is 0 Å². The number of aromatic nitrogens is 5. The van der Waals surface area contributed by atoms with E-state index in [9.17, 15) is 4.79 Å². The SMILES string of the molecule is CCn1ccnc1-n1cnc(C(=O)OC)n1. The number of ether oxygens (including phenoxy) is 1. The molecule has 0 aromatic carbocycles. The summed E-state index contributed by atoms with van der Waals surface area (Å²) in [6, 6.07) is 0. The van der Waals surface area contributed by atoms with E-state index in [-0.39, 0.29) is 5.82 Å². The first-order chi connectivity index (χ1) is 7.76. The average molecular weight is 221 g/mol. The van der Waals surface area contributed by atoms with Gasteiger partial charge in [0.2, 0.25) is 5.95 Å². The number of imidazole rings is 1. The van der Waals surface area contributed by atoms with Crippen molar-refractivity contribution in [2.75, 3.05) is 7.11 Å². The van der Waals surface area contributed by atoms with E-state index in [4.69, 9.17) is 0 Å². The molecule has 0 radical (unpaired) electrons. The predicted molar refractivity (Wildman–Crippen MR) is 54.2 cm³/mol. The third kappa shape index (κ3) is 1.67. The highest BCUT2D eigenvalue weighted by atomic mass is 16.5. The van der Waals surface area contributed by atoms with Crippen LogP contribution in [-0.4, -0.2) is 37.4 Å². The van der Waals surface area contributed by atoms with Gasteiger partial charge in [-0.1, -0.05) is 0 Å². The fourth-order valence-electron chi connectivity index (χ4n) is 1.30. The van der Waals surface area contributed by atoms with Crippen molar-refractivity contribution in [3.63, 3.8) is 0 Å². The van der Waals surface area contributed by atoms with Crippen LogP contribution in [0, 0.1) is 0 Å². The molecule has 0 bridgehead atoms. The normalized spacial score (nSPS) is 10.4. The molecule has 0 saturated carbocycles. The van der Waals surface area contributed by atoms with Crippen molar-refractivity contribution < 1.29 is 9.53 Å². The van der Waals surface area contributed by atoms with Gasteiger partial charge >= 0.3 is 5.97 Å². The Morgan fingerprint density at radius 2 is 2.31 bits per heavy atom. The van der Waals surface area contributed by atoms with E-state index < -0.39 is 5.97 Å². The summed E-state index contributed by atoms with van der Waals surface area (Å²) in [5.74, 6) is 0.0756. The largest absolute Gasteiger partial charge is 0.463 e. The third-order valence-electron chi connectivity index (χ3n) is 2.10. The minimum absolute atomic E-state index is 0.0214. The molecule has 2 aromatic rings. The number of hydrogen-bond acceptors (Lipinski definition) is 5. The zero-order valence-corrected chi connectivity index (χ0v) is 8.99.